The van der Waals surface area contributed by atoms with E-state index in [-0.39, 0.29) is 0 Å². The molecule has 6 nitrogen and oxygen atoms in total. The fourth-order valence-corrected chi connectivity index (χ4v) is 2.21. The van der Waals surface area contributed by atoms with Gasteiger partial charge in [-0.15, -0.1) is 10.2 Å². The zero-order valence-corrected chi connectivity index (χ0v) is 11.0. The molecule has 0 fully saturated rings. The van der Waals surface area contributed by atoms with E-state index in [2.05, 4.69) is 32.3 Å². The second kappa shape index (κ2) is 4.31. The van der Waals surface area contributed by atoms with Gasteiger partial charge in [0.1, 0.15) is 18.5 Å². The monoisotopic (exact) mass is 254 g/mol. The number of nitrogens with one attached hydrogen (secondary N) is 1. The van der Waals surface area contributed by atoms with Gasteiger partial charge < -0.3 is 0 Å². The molecule has 0 amide bonds. The molecule has 0 bridgehead atoms. The fraction of sp³-hybridized carbons (Fsp3) is 0.231. The van der Waals surface area contributed by atoms with Gasteiger partial charge in [-0.25, -0.2) is 4.98 Å². The van der Waals surface area contributed by atoms with Gasteiger partial charge >= 0.3 is 0 Å². The predicted octanol–water partition coefficient (Wildman–Crippen LogP) is 1.98. The van der Waals surface area contributed by atoms with Crippen molar-refractivity contribution in [3.8, 4) is 16.9 Å². The normalized spacial score (nSPS) is 10.9. The third-order valence-corrected chi connectivity index (χ3v) is 3.18. The summed E-state index contributed by atoms with van der Waals surface area (Å²) in [5, 5.41) is 14.8. The summed E-state index contributed by atoms with van der Waals surface area (Å²) in [7, 11) is 0. The number of hydrogen-bond acceptors (Lipinski definition) is 4. The lowest BCUT2D eigenvalue weighted by Gasteiger charge is -2.08. The van der Waals surface area contributed by atoms with Gasteiger partial charge in [0.05, 0.1) is 5.69 Å². The highest BCUT2D eigenvalue weighted by Crippen LogP contribution is 2.28. The molecule has 1 N–H and O–H groups in total. The van der Waals surface area contributed by atoms with E-state index in [1.165, 1.54) is 0 Å². The summed E-state index contributed by atoms with van der Waals surface area (Å²) in [5.74, 6) is 0.810. The highest BCUT2D eigenvalue weighted by Gasteiger charge is 2.12. The number of nitrogens with zero attached hydrogens (tertiary/aromatic N) is 5. The molecule has 0 atom stereocenters. The third kappa shape index (κ3) is 1.91. The summed E-state index contributed by atoms with van der Waals surface area (Å²) in [6.45, 7) is 6.07. The fourth-order valence-electron chi connectivity index (χ4n) is 2.21. The van der Waals surface area contributed by atoms with Crippen molar-refractivity contribution in [3.63, 3.8) is 0 Å². The molecular formula is C13H14N6. The maximum absolute atomic E-state index is 4.46. The van der Waals surface area contributed by atoms with Gasteiger partial charge in [-0.2, -0.15) is 5.10 Å². The number of pyridine rings is 1. The largest absolute Gasteiger partial charge is 0.282 e. The standard InChI is InChI=1S/C13H14N6/c1-8-4-12(19-6-15-16-7-19)14-5-11(8)13-9(2)17-18-10(13)3/h4-7H,1-3H3,(H,17,18). The molecular weight excluding hydrogens is 240 g/mol. The minimum absolute atomic E-state index is 0.810. The quantitative estimate of drug-likeness (QED) is 0.759. The van der Waals surface area contributed by atoms with Crippen molar-refractivity contribution in [2.24, 2.45) is 0 Å². The third-order valence-electron chi connectivity index (χ3n) is 3.18. The van der Waals surface area contributed by atoms with Gasteiger partial charge in [-0.3, -0.25) is 9.67 Å². The number of aromatic nitrogens is 6. The Balaban J connectivity index is 2.11. The molecule has 0 aromatic carbocycles. The minimum Gasteiger partial charge on any atom is -0.282 e. The van der Waals surface area contributed by atoms with Gasteiger partial charge in [-0.1, -0.05) is 0 Å². The number of H-pyrrole nitrogens is 1. The number of hydrogen-bond donors (Lipinski definition) is 1. The van der Waals surface area contributed by atoms with Gasteiger partial charge in [0.15, 0.2) is 0 Å². The van der Waals surface area contributed by atoms with Crippen molar-refractivity contribution in [2.45, 2.75) is 20.8 Å². The van der Waals surface area contributed by atoms with E-state index in [1.807, 2.05) is 26.1 Å². The maximum atomic E-state index is 4.46. The second-order valence-electron chi connectivity index (χ2n) is 4.54. The number of aryl methyl sites for hydroxylation is 3. The lowest BCUT2D eigenvalue weighted by Crippen LogP contribution is -1.97. The van der Waals surface area contributed by atoms with Crippen LogP contribution in [0.1, 0.15) is 17.0 Å². The first-order valence-electron chi connectivity index (χ1n) is 6.00. The van der Waals surface area contributed by atoms with Crippen LogP contribution in [0.4, 0.5) is 0 Å². The van der Waals surface area contributed by atoms with Crippen LogP contribution in [-0.4, -0.2) is 29.9 Å². The molecule has 0 aliphatic heterocycles. The van der Waals surface area contributed by atoms with Crippen LogP contribution in [0, 0.1) is 20.8 Å². The molecule has 3 aromatic rings. The summed E-state index contributed by atoms with van der Waals surface area (Å²) in [5.41, 5.74) is 5.41. The Labute approximate surface area is 110 Å². The molecule has 19 heavy (non-hydrogen) atoms. The summed E-state index contributed by atoms with van der Waals surface area (Å²) >= 11 is 0. The molecule has 3 heterocycles. The number of rotatable bonds is 2. The lowest BCUT2D eigenvalue weighted by atomic mass is 10.0. The van der Waals surface area contributed by atoms with E-state index in [0.717, 1.165) is 33.9 Å². The molecule has 0 aliphatic rings. The Bertz CT molecular complexity index is 691. The topological polar surface area (TPSA) is 72.3 Å². The molecule has 0 spiro atoms. The SMILES string of the molecule is Cc1cc(-n2cnnc2)ncc1-c1c(C)n[nH]c1C. The van der Waals surface area contributed by atoms with Gasteiger partial charge in [0.25, 0.3) is 0 Å². The first kappa shape index (κ1) is 11.6. The van der Waals surface area contributed by atoms with Gasteiger partial charge in [0, 0.05) is 23.0 Å². The van der Waals surface area contributed by atoms with Crippen LogP contribution in [-0.2, 0) is 0 Å². The van der Waals surface area contributed by atoms with Crippen molar-refractivity contribution < 1.29 is 0 Å². The molecule has 0 saturated carbocycles. The molecule has 0 unspecified atom stereocenters. The van der Waals surface area contributed by atoms with Crippen molar-refractivity contribution >= 4 is 0 Å². The molecule has 96 valence electrons. The van der Waals surface area contributed by atoms with E-state index in [0.29, 0.717) is 0 Å². The summed E-state index contributed by atoms with van der Waals surface area (Å²) in [6, 6.07) is 2.02. The van der Waals surface area contributed by atoms with E-state index >= 15 is 0 Å². The average molecular weight is 254 g/mol. The zero-order chi connectivity index (χ0) is 13.4. The zero-order valence-electron chi connectivity index (χ0n) is 11.0. The molecule has 0 saturated heterocycles. The van der Waals surface area contributed by atoms with Crippen molar-refractivity contribution in [2.75, 3.05) is 0 Å². The minimum atomic E-state index is 0.810. The van der Waals surface area contributed by atoms with Gasteiger partial charge in [-0.05, 0) is 32.4 Å². The van der Waals surface area contributed by atoms with Crippen molar-refractivity contribution in [1.82, 2.24) is 29.9 Å². The van der Waals surface area contributed by atoms with E-state index in [9.17, 15) is 0 Å². The Morgan fingerprint density at radius 2 is 1.84 bits per heavy atom. The lowest BCUT2D eigenvalue weighted by molar-refractivity contribution is 0.986. The summed E-state index contributed by atoms with van der Waals surface area (Å²) in [6.07, 6.45) is 5.14. The van der Waals surface area contributed by atoms with E-state index in [4.69, 9.17) is 0 Å². The molecule has 3 rings (SSSR count). The molecule has 6 heteroatoms. The predicted molar refractivity (Wildman–Crippen MR) is 70.9 cm³/mol. The maximum Gasteiger partial charge on any atom is 0.139 e. The van der Waals surface area contributed by atoms with Crippen LogP contribution in [0.15, 0.2) is 24.9 Å². The van der Waals surface area contributed by atoms with Crippen molar-refractivity contribution in [3.05, 3.63) is 41.9 Å². The molecule has 3 aromatic heterocycles. The Morgan fingerprint density at radius 1 is 1.11 bits per heavy atom. The smallest absolute Gasteiger partial charge is 0.139 e. The average Bonchev–Trinajstić information content (AvgIpc) is 3.01. The van der Waals surface area contributed by atoms with Crippen LogP contribution in [0.25, 0.3) is 16.9 Å². The second-order valence-corrected chi connectivity index (χ2v) is 4.54. The van der Waals surface area contributed by atoms with Crippen LogP contribution in [0.5, 0.6) is 0 Å². The van der Waals surface area contributed by atoms with E-state index in [1.54, 1.807) is 17.2 Å². The van der Waals surface area contributed by atoms with Gasteiger partial charge in [0.2, 0.25) is 0 Å². The highest BCUT2D eigenvalue weighted by molar-refractivity contribution is 5.71. The molecule has 0 radical (unpaired) electrons. The van der Waals surface area contributed by atoms with E-state index < -0.39 is 0 Å². The van der Waals surface area contributed by atoms with Crippen LogP contribution in [0.3, 0.4) is 0 Å². The van der Waals surface area contributed by atoms with Crippen LogP contribution < -0.4 is 0 Å². The molecule has 0 aliphatic carbocycles. The highest BCUT2D eigenvalue weighted by atomic mass is 15.2. The van der Waals surface area contributed by atoms with Crippen molar-refractivity contribution in [1.29, 1.82) is 0 Å². The Kier molecular flexibility index (Phi) is 2.63. The Morgan fingerprint density at radius 3 is 2.42 bits per heavy atom. The summed E-state index contributed by atoms with van der Waals surface area (Å²) in [4.78, 5) is 4.46. The summed E-state index contributed by atoms with van der Waals surface area (Å²) < 4.78 is 1.78. The Hall–Kier alpha value is -2.50. The van der Waals surface area contributed by atoms with Crippen LogP contribution >= 0.6 is 0 Å². The number of aromatic amines is 1. The first-order chi connectivity index (χ1) is 9.16. The first-order valence-corrected chi connectivity index (χ1v) is 6.00. The van der Waals surface area contributed by atoms with Crippen LogP contribution in [0.2, 0.25) is 0 Å².